The average Bonchev–Trinajstić information content (AvgIpc) is 3.17. The number of carbonyl (C=O) groups is 1. The van der Waals surface area contributed by atoms with E-state index < -0.39 is 5.97 Å². The highest BCUT2D eigenvalue weighted by atomic mass is 35.5. The van der Waals surface area contributed by atoms with E-state index in [1.54, 1.807) is 17.8 Å². The largest absolute Gasteiger partial charge is 0.481 e. The molecule has 0 radical (unpaired) electrons. The van der Waals surface area contributed by atoms with E-state index in [1.807, 2.05) is 24.5 Å². The second-order valence-corrected chi connectivity index (χ2v) is 9.30. The zero-order valence-electron chi connectivity index (χ0n) is 15.6. The van der Waals surface area contributed by atoms with Gasteiger partial charge in [-0.25, -0.2) is 0 Å². The van der Waals surface area contributed by atoms with Gasteiger partial charge in [0, 0.05) is 39.5 Å². The number of carboxylic acids is 1. The van der Waals surface area contributed by atoms with Gasteiger partial charge in [-0.15, -0.1) is 0 Å². The van der Waals surface area contributed by atoms with Crippen LogP contribution in [0, 0.1) is 0 Å². The van der Waals surface area contributed by atoms with E-state index >= 15 is 0 Å². The van der Waals surface area contributed by atoms with Crippen molar-refractivity contribution in [2.75, 3.05) is 0 Å². The van der Waals surface area contributed by atoms with Crippen LogP contribution in [0.4, 0.5) is 0 Å². The van der Waals surface area contributed by atoms with Crippen molar-refractivity contribution in [3.63, 3.8) is 0 Å². The number of rotatable bonds is 5. The third-order valence-electron chi connectivity index (χ3n) is 5.24. The third kappa shape index (κ3) is 3.40. The quantitative estimate of drug-likeness (QED) is 0.492. The molecular formula is C21H20Cl2N2O2S. The fourth-order valence-electron chi connectivity index (χ4n) is 3.97. The van der Waals surface area contributed by atoms with E-state index in [-0.39, 0.29) is 12.3 Å². The number of aliphatic carboxylic acids is 1. The van der Waals surface area contributed by atoms with Crippen LogP contribution in [0.25, 0.3) is 10.9 Å². The molecule has 1 aromatic carbocycles. The van der Waals surface area contributed by atoms with Crippen LogP contribution in [0.15, 0.2) is 40.4 Å². The van der Waals surface area contributed by atoms with Crippen LogP contribution in [0.2, 0.25) is 10.0 Å². The van der Waals surface area contributed by atoms with E-state index in [4.69, 9.17) is 23.2 Å². The Morgan fingerprint density at radius 3 is 2.79 bits per heavy atom. The number of nitrogens with zero attached hydrogens (tertiary/aromatic N) is 2. The van der Waals surface area contributed by atoms with Crippen molar-refractivity contribution in [1.29, 1.82) is 0 Å². The first-order valence-corrected chi connectivity index (χ1v) is 10.8. The Hall–Kier alpha value is -1.69. The Morgan fingerprint density at radius 1 is 1.32 bits per heavy atom. The summed E-state index contributed by atoms with van der Waals surface area (Å²) in [5.41, 5.74) is 3.36. The highest BCUT2D eigenvalue weighted by Crippen LogP contribution is 2.48. The first-order chi connectivity index (χ1) is 13.4. The van der Waals surface area contributed by atoms with Gasteiger partial charge in [0.05, 0.1) is 28.2 Å². The van der Waals surface area contributed by atoms with Crippen LogP contribution in [0.3, 0.4) is 0 Å². The number of halogens is 2. The molecule has 1 atom stereocenters. The minimum atomic E-state index is -0.767. The molecule has 0 saturated heterocycles. The lowest BCUT2D eigenvalue weighted by Gasteiger charge is -2.13. The topological polar surface area (TPSA) is 55.1 Å². The summed E-state index contributed by atoms with van der Waals surface area (Å²) >= 11 is 13.9. The summed E-state index contributed by atoms with van der Waals surface area (Å²) in [5.74, 6) is -0.461. The molecule has 3 aromatic rings. The monoisotopic (exact) mass is 434 g/mol. The number of aromatic nitrogens is 2. The molecule has 1 aliphatic heterocycles. The molecule has 28 heavy (non-hydrogen) atoms. The molecule has 7 heteroatoms. The Bertz CT molecular complexity index is 1080. The number of fused-ring (bicyclic) bond motifs is 3. The molecule has 146 valence electrons. The number of hydrogen-bond donors (Lipinski definition) is 1. The molecule has 3 heterocycles. The molecule has 4 nitrogen and oxygen atoms in total. The van der Waals surface area contributed by atoms with Crippen LogP contribution < -0.4 is 0 Å². The van der Waals surface area contributed by atoms with Crippen molar-refractivity contribution in [2.45, 2.75) is 54.9 Å². The molecule has 4 rings (SSSR count). The maximum absolute atomic E-state index is 11.4. The van der Waals surface area contributed by atoms with Crippen molar-refractivity contribution in [3.05, 3.63) is 51.9 Å². The van der Waals surface area contributed by atoms with E-state index in [1.165, 1.54) is 10.9 Å². The number of carboxylic acid groups (broad SMARTS) is 1. The van der Waals surface area contributed by atoms with E-state index in [9.17, 15) is 9.90 Å². The number of pyridine rings is 1. The molecular weight excluding hydrogens is 415 g/mol. The molecule has 0 spiro atoms. The van der Waals surface area contributed by atoms with Crippen LogP contribution >= 0.6 is 35.0 Å². The van der Waals surface area contributed by atoms with Crippen LogP contribution in [0.5, 0.6) is 0 Å². The summed E-state index contributed by atoms with van der Waals surface area (Å²) < 4.78 is 2.25. The standard InChI is InChI=1S/C21H20Cl2N2O2S/c1-11(2)14-9-24-10-17-19(14)21(28-13-3-4-15(22)16(23)8-13)20-12(7-18(26)27)5-6-25(17)20/h3-4,8-12H,5-7H2,1-2H3,(H,26,27). The second-order valence-electron chi connectivity index (χ2n) is 7.40. The van der Waals surface area contributed by atoms with Gasteiger partial charge in [-0.2, -0.15) is 0 Å². The first-order valence-electron chi connectivity index (χ1n) is 9.21. The fourth-order valence-corrected chi connectivity index (χ4v) is 5.59. The zero-order chi connectivity index (χ0) is 20.0. The summed E-state index contributed by atoms with van der Waals surface area (Å²) in [5, 5.41) is 11.6. The highest BCUT2D eigenvalue weighted by molar-refractivity contribution is 7.99. The molecule has 0 amide bonds. The Kier molecular flexibility index (Phi) is 5.34. The van der Waals surface area contributed by atoms with Crippen LogP contribution in [-0.4, -0.2) is 20.6 Å². The van der Waals surface area contributed by atoms with Crippen molar-refractivity contribution in [3.8, 4) is 0 Å². The molecule has 1 aliphatic rings. The lowest BCUT2D eigenvalue weighted by molar-refractivity contribution is -0.137. The molecule has 2 aromatic heterocycles. The molecule has 0 aliphatic carbocycles. The molecule has 0 saturated carbocycles. The predicted octanol–water partition coefficient (Wildman–Crippen LogP) is 6.58. The highest BCUT2D eigenvalue weighted by Gasteiger charge is 2.32. The third-order valence-corrected chi connectivity index (χ3v) is 7.08. The zero-order valence-corrected chi connectivity index (χ0v) is 17.9. The summed E-state index contributed by atoms with van der Waals surface area (Å²) in [7, 11) is 0. The van der Waals surface area contributed by atoms with Crippen molar-refractivity contribution in [2.24, 2.45) is 0 Å². The van der Waals surface area contributed by atoms with Crippen molar-refractivity contribution in [1.82, 2.24) is 9.55 Å². The number of benzene rings is 1. The minimum Gasteiger partial charge on any atom is -0.481 e. The van der Waals surface area contributed by atoms with E-state index in [2.05, 4.69) is 23.4 Å². The normalized spacial score (nSPS) is 16.1. The van der Waals surface area contributed by atoms with Gasteiger partial charge in [-0.1, -0.05) is 48.8 Å². The SMILES string of the molecule is CC(C)c1cncc2c1c(Sc1ccc(Cl)c(Cl)c1)c1n2CCC1CC(=O)O. The van der Waals surface area contributed by atoms with E-state index in [0.717, 1.165) is 34.0 Å². The predicted molar refractivity (Wildman–Crippen MR) is 114 cm³/mol. The summed E-state index contributed by atoms with van der Waals surface area (Å²) in [6, 6.07) is 5.61. The number of aryl methyl sites for hydroxylation is 1. The van der Waals surface area contributed by atoms with Crippen molar-refractivity contribution < 1.29 is 9.90 Å². The smallest absolute Gasteiger partial charge is 0.304 e. The van der Waals surface area contributed by atoms with Gasteiger partial charge in [-0.05, 0) is 36.1 Å². The lowest BCUT2D eigenvalue weighted by atomic mass is 9.97. The van der Waals surface area contributed by atoms with Gasteiger partial charge in [0.25, 0.3) is 0 Å². The number of hydrogen-bond acceptors (Lipinski definition) is 3. The molecule has 0 fully saturated rings. The van der Waals surface area contributed by atoms with Gasteiger partial charge in [-0.3, -0.25) is 9.78 Å². The maximum atomic E-state index is 11.4. The van der Waals surface area contributed by atoms with Gasteiger partial charge in [0.1, 0.15) is 0 Å². The van der Waals surface area contributed by atoms with Gasteiger partial charge in [0.2, 0.25) is 0 Å². The minimum absolute atomic E-state index is 0.00446. The van der Waals surface area contributed by atoms with E-state index in [0.29, 0.717) is 16.0 Å². The van der Waals surface area contributed by atoms with Gasteiger partial charge < -0.3 is 9.67 Å². The van der Waals surface area contributed by atoms with Crippen LogP contribution in [-0.2, 0) is 11.3 Å². The summed E-state index contributed by atoms with van der Waals surface area (Å²) in [6.45, 7) is 5.12. The lowest BCUT2D eigenvalue weighted by Crippen LogP contribution is -2.04. The molecule has 1 N–H and O–H groups in total. The molecule has 1 unspecified atom stereocenters. The Labute approximate surface area is 177 Å². The molecule has 0 bridgehead atoms. The summed E-state index contributed by atoms with van der Waals surface area (Å²) in [4.78, 5) is 18.0. The van der Waals surface area contributed by atoms with Crippen LogP contribution in [0.1, 0.15) is 49.8 Å². The second kappa shape index (κ2) is 7.62. The van der Waals surface area contributed by atoms with Gasteiger partial charge >= 0.3 is 5.97 Å². The first kappa shape index (κ1) is 19.6. The Morgan fingerprint density at radius 2 is 2.11 bits per heavy atom. The average molecular weight is 435 g/mol. The van der Waals surface area contributed by atoms with Gasteiger partial charge in [0.15, 0.2) is 0 Å². The summed E-state index contributed by atoms with van der Waals surface area (Å²) in [6.07, 6.45) is 4.79. The Balaban J connectivity index is 1.93. The fraction of sp³-hybridized carbons (Fsp3) is 0.333. The maximum Gasteiger partial charge on any atom is 0.304 e. The van der Waals surface area contributed by atoms with Crippen molar-refractivity contribution >= 4 is 51.8 Å².